The highest BCUT2D eigenvalue weighted by Gasteiger charge is 2.19. The molecule has 0 aliphatic carbocycles. The van der Waals surface area contributed by atoms with Gasteiger partial charge < -0.3 is 9.73 Å². The molecule has 0 saturated heterocycles. The van der Waals surface area contributed by atoms with Crippen LogP contribution in [0.15, 0.2) is 51.9 Å². The van der Waals surface area contributed by atoms with Gasteiger partial charge in [0.1, 0.15) is 11.4 Å². The molecule has 1 atom stereocenters. The van der Waals surface area contributed by atoms with Crippen LogP contribution in [0.2, 0.25) is 0 Å². The van der Waals surface area contributed by atoms with E-state index in [4.69, 9.17) is 4.42 Å². The number of aromatic nitrogens is 4. The van der Waals surface area contributed by atoms with Crippen LogP contribution >= 0.6 is 0 Å². The molecule has 3 aromatic heterocycles. The number of amides is 1. The van der Waals surface area contributed by atoms with Crippen molar-refractivity contribution in [1.29, 1.82) is 0 Å². The summed E-state index contributed by atoms with van der Waals surface area (Å²) in [7, 11) is 0. The molecule has 8 nitrogen and oxygen atoms in total. The normalized spacial score (nSPS) is 12.1. The lowest BCUT2D eigenvalue weighted by atomic mass is 10.1. The lowest BCUT2D eigenvalue weighted by Gasteiger charge is -2.11. The lowest BCUT2D eigenvalue weighted by Crippen LogP contribution is -2.28. The highest BCUT2D eigenvalue weighted by atomic mass is 16.3. The van der Waals surface area contributed by atoms with Crippen molar-refractivity contribution in [3.8, 4) is 11.4 Å². The van der Waals surface area contributed by atoms with E-state index in [0.717, 1.165) is 16.7 Å². The molecule has 1 aromatic carbocycles. The first kappa shape index (κ1) is 18.5. The molecule has 3 heterocycles. The van der Waals surface area contributed by atoms with E-state index in [-0.39, 0.29) is 11.2 Å². The Morgan fingerprint density at radius 3 is 2.76 bits per heavy atom. The summed E-state index contributed by atoms with van der Waals surface area (Å²) < 4.78 is 5.68. The lowest BCUT2D eigenvalue weighted by molar-refractivity contribution is 0.0911. The van der Waals surface area contributed by atoms with E-state index < -0.39 is 11.9 Å². The van der Waals surface area contributed by atoms with Gasteiger partial charge in [-0.05, 0) is 56.2 Å². The third-order valence-electron chi connectivity index (χ3n) is 4.75. The summed E-state index contributed by atoms with van der Waals surface area (Å²) in [6.45, 7) is 5.61. The van der Waals surface area contributed by atoms with Crippen LogP contribution in [-0.4, -0.2) is 26.1 Å². The third-order valence-corrected chi connectivity index (χ3v) is 4.75. The first-order valence-electron chi connectivity index (χ1n) is 9.11. The molecule has 4 rings (SSSR count). The largest absolute Gasteiger partial charge is 0.451 e. The Labute approximate surface area is 166 Å². The van der Waals surface area contributed by atoms with Crippen molar-refractivity contribution < 1.29 is 9.21 Å². The van der Waals surface area contributed by atoms with Crippen LogP contribution in [-0.2, 0) is 0 Å². The van der Waals surface area contributed by atoms with Crippen LogP contribution in [0.1, 0.15) is 40.5 Å². The maximum Gasteiger partial charge on any atom is 0.287 e. The van der Waals surface area contributed by atoms with Gasteiger partial charge in [0.25, 0.3) is 5.91 Å². The summed E-state index contributed by atoms with van der Waals surface area (Å²) in [5, 5.41) is 10.2. The molecule has 1 amide bonds. The zero-order chi connectivity index (χ0) is 20.5. The fourth-order valence-corrected chi connectivity index (χ4v) is 2.95. The number of aryl methyl sites for hydroxylation is 2. The summed E-state index contributed by atoms with van der Waals surface area (Å²) in [6.07, 6.45) is 3.32. The topological polar surface area (TPSA) is 114 Å². The van der Waals surface area contributed by atoms with E-state index in [0.29, 0.717) is 22.6 Å². The molecule has 0 saturated carbocycles. The number of rotatable bonds is 4. The zero-order valence-corrected chi connectivity index (χ0v) is 16.2. The third kappa shape index (κ3) is 3.64. The Balaban J connectivity index is 1.57. The summed E-state index contributed by atoms with van der Waals surface area (Å²) in [5.74, 6) is 0.405. The number of hydrogen-bond acceptors (Lipinski definition) is 6. The van der Waals surface area contributed by atoms with Gasteiger partial charge in [-0.25, -0.2) is 4.98 Å². The van der Waals surface area contributed by atoms with E-state index in [1.807, 2.05) is 19.9 Å². The quantitative estimate of drug-likeness (QED) is 0.554. The van der Waals surface area contributed by atoms with Crippen molar-refractivity contribution in [2.45, 2.75) is 26.8 Å². The number of fused-ring (bicyclic) bond motifs is 1. The van der Waals surface area contributed by atoms with Gasteiger partial charge in [0.2, 0.25) is 0 Å². The second-order valence-electron chi connectivity index (χ2n) is 6.89. The van der Waals surface area contributed by atoms with Gasteiger partial charge in [-0.3, -0.25) is 19.7 Å². The zero-order valence-electron chi connectivity index (χ0n) is 16.2. The van der Waals surface area contributed by atoms with Gasteiger partial charge in [0.15, 0.2) is 17.0 Å². The minimum absolute atomic E-state index is 0.0513. The standard InChI is InChI=1S/C21H19N5O3/c1-11-7-15-16(27)9-18(29-17(15)8-12(11)2)21(28)23-13(3)19-24-20(26-25-19)14-5-4-6-22-10-14/h4-10,13H,1-3H3,(H,23,28)(H,24,25,26). The van der Waals surface area contributed by atoms with Crippen molar-refractivity contribution >= 4 is 16.9 Å². The second kappa shape index (κ2) is 7.31. The molecule has 2 N–H and O–H groups in total. The summed E-state index contributed by atoms with van der Waals surface area (Å²) in [6, 6.07) is 7.91. The highest BCUT2D eigenvalue weighted by molar-refractivity contribution is 5.93. The fourth-order valence-electron chi connectivity index (χ4n) is 2.95. The Bertz CT molecular complexity index is 1260. The molecule has 1 unspecified atom stereocenters. The molecule has 0 spiro atoms. The monoisotopic (exact) mass is 389 g/mol. The molecule has 0 radical (unpaired) electrons. The number of nitrogens with one attached hydrogen (secondary N) is 2. The Morgan fingerprint density at radius 2 is 2.00 bits per heavy atom. The molecule has 0 fully saturated rings. The summed E-state index contributed by atoms with van der Waals surface area (Å²) >= 11 is 0. The van der Waals surface area contributed by atoms with Crippen molar-refractivity contribution in [2.75, 3.05) is 0 Å². The van der Waals surface area contributed by atoms with Crippen molar-refractivity contribution in [2.24, 2.45) is 0 Å². The summed E-state index contributed by atoms with van der Waals surface area (Å²) in [4.78, 5) is 33.5. The molecule has 8 heteroatoms. The van der Waals surface area contributed by atoms with E-state index in [1.165, 1.54) is 6.07 Å². The van der Waals surface area contributed by atoms with Crippen molar-refractivity contribution in [3.05, 3.63) is 75.7 Å². The molecular weight excluding hydrogens is 370 g/mol. The average Bonchev–Trinajstić information content (AvgIpc) is 3.20. The maximum atomic E-state index is 12.6. The highest BCUT2D eigenvalue weighted by Crippen LogP contribution is 2.19. The molecule has 0 aliphatic rings. The van der Waals surface area contributed by atoms with Crippen LogP contribution in [0, 0.1) is 13.8 Å². The van der Waals surface area contributed by atoms with Crippen LogP contribution in [0.4, 0.5) is 0 Å². The first-order valence-corrected chi connectivity index (χ1v) is 9.11. The number of carbonyl (C=O) groups excluding carboxylic acids is 1. The Kier molecular flexibility index (Phi) is 4.67. The minimum Gasteiger partial charge on any atom is -0.451 e. The van der Waals surface area contributed by atoms with E-state index in [1.54, 1.807) is 37.5 Å². The number of pyridine rings is 1. The number of H-pyrrole nitrogens is 1. The average molecular weight is 389 g/mol. The van der Waals surface area contributed by atoms with Gasteiger partial charge in [-0.15, -0.1) is 0 Å². The number of nitrogens with zero attached hydrogens (tertiary/aromatic N) is 3. The molecule has 0 aliphatic heterocycles. The second-order valence-corrected chi connectivity index (χ2v) is 6.89. The number of benzene rings is 1. The van der Waals surface area contributed by atoms with Crippen LogP contribution in [0.25, 0.3) is 22.4 Å². The SMILES string of the molecule is Cc1cc2oc(C(=O)NC(C)c3nc(-c4cccnc4)n[nH]3)cc(=O)c2cc1C. The maximum absolute atomic E-state index is 12.6. The van der Waals surface area contributed by atoms with Gasteiger partial charge in [0.05, 0.1) is 11.4 Å². The van der Waals surface area contributed by atoms with Crippen molar-refractivity contribution in [1.82, 2.24) is 25.5 Å². The number of aromatic amines is 1. The fraction of sp³-hybridized carbons (Fsp3) is 0.190. The summed E-state index contributed by atoms with van der Waals surface area (Å²) in [5.41, 5.74) is 2.86. The number of hydrogen-bond donors (Lipinski definition) is 2. The van der Waals surface area contributed by atoms with E-state index in [2.05, 4.69) is 25.5 Å². The molecule has 4 aromatic rings. The van der Waals surface area contributed by atoms with Crippen LogP contribution < -0.4 is 10.7 Å². The van der Waals surface area contributed by atoms with Crippen LogP contribution in [0.5, 0.6) is 0 Å². The van der Waals surface area contributed by atoms with Crippen LogP contribution in [0.3, 0.4) is 0 Å². The Hall–Kier alpha value is -3.81. The minimum atomic E-state index is -0.506. The molecule has 146 valence electrons. The predicted octanol–water partition coefficient (Wildman–Crippen LogP) is 3.08. The Morgan fingerprint density at radius 1 is 1.21 bits per heavy atom. The van der Waals surface area contributed by atoms with Gasteiger partial charge in [0, 0.05) is 24.0 Å². The number of carbonyl (C=O) groups is 1. The van der Waals surface area contributed by atoms with Gasteiger partial charge >= 0.3 is 0 Å². The predicted molar refractivity (Wildman–Crippen MR) is 107 cm³/mol. The van der Waals surface area contributed by atoms with Crippen molar-refractivity contribution in [3.63, 3.8) is 0 Å². The smallest absolute Gasteiger partial charge is 0.287 e. The van der Waals surface area contributed by atoms with E-state index >= 15 is 0 Å². The molecule has 0 bridgehead atoms. The molecule has 29 heavy (non-hydrogen) atoms. The van der Waals surface area contributed by atoms with Gasteiger partial charge in [-0.1, -0.05) is 0 Å². The first-order chi connectivity index (χ1) is 13.9. The van der Waals surface area contributed by atoms with E-state index in [9.17, 15) is 9.59 Å². The molecular formula is C21H19N5O3. The van der Waals surface area contributed by atoms with Gasteiger partial charge in [-0.2, -0.15) is 5.10 Å².